The minimum absolute atomic E-state index is 0.140. The second-order valence-corrected chi connectivity index (χ2v) is 5.13. The second kappa shape index (κ2) is 7.85. The summed E-state index contributed by atoms with van der Waals surface area (Å²) in [6.07, 6.45) is 2.81. The smallest absolute Gasteiger partial charge is 0.331 e. The van der Waals surface area contributed by atoms with Crippen molar-refractivity contribution >= 4 is 40.7 Å². The van der Waals surface area contributed by atoms with Crippen LogP contribution in [0.3, 0.4) is 0 Å². The van der Waals surface area contributed by atoms with Gasteiger partial charge in [-0.3, -0.25) is 14.9 Å². The van der Waals surface area contributed by atoms with Gasteiger partial charge in [0.25, 0.3) is 11.6 Å². The Bertz CT molecular complexity index is 740. The van der Waals surface area contributed by atoms with Gasteiger partial charge in [-0.2, -0.15) is 11.3 Å². The first-order valence-corrected chi connectivity index (χ1v) is 7.40. The van der Waals surface area contributed by atoms with Gasteiger partial charge in [-0.05, 0) is 34.5 Å². The Morgan fingerprint density at radius 1 is 1.35 bits per heavy atom. The first-order valence-electron chi connectivity index (χ1n) is 6.46. The molecule has 0 atom stereocenters. The molecule has 0 aliphatic carbocycles. The van der Waals surface area contributed by atoms with Crippen LogP contribution in [0.25, 0.3) is 6.08 Å². The van der Waals surface area contributed by atoms with Crippen molar-refractivity contribution in [3.63, 3.8) is 0 Å². The topological polar surface area (TPSA) is 98.5 Å². The number of nitrogens with zero attached hydrogens (tertiary/aromatic N) is 1. The Hall–Kier alpha value is -3.00. The average Bonchev–Trinajstić information content (AvgIpc) is 3.04. The summed E-state index contributed by atoms with van der Waals surface area (Å²) in [6, 6.07) is 7.32. The average molecular weight is 332 g/mol. The first kappa shape index (κ1) is 16.4. The van der Waals surface area contributed by atoms with Crippen molar-refractivity contribution in [2.24, 2.45) is 0 Å². The van der Waals surface area contributed by atoms with E-state index in [0.29, 0.717) is 0 Å². The van der Waals surface area contributed by atoms with Crippen LogP contribution in [0.1, 0.15) is 5.56 Å². The number of nitrogens with one attached hydrogen (secondary N) is 1. The van der Waals surface area contributed by atoms with Crippen LogP contribution in [0.4, 0.5) is 11.4 Å². The number of hydrogen-bond acceptors (Lipinski definition) is 6. The van der Waals surface area contributed by atoms with Gasteiger partial charge in [-0.25, -0.2) is 4.79 Å². The van der Waals surface area contributed by atoms with Crippen molar-refractivity contribution in [2.75, 3.05) is 11.9 Å². The largest absolute Gasteiger partial charge is 0.452 e. The predicted molar refractivity (Wildman–Crippen MR) is 86.0 cm³/mol. The highest BCUT2D eigenvalue weighted by Gasteiger charge is 2.09. The molecule has 0 aliphatic heterocycles. The van der Waals surface area contributed by atoms with Gasteiger partial charge < -0.3 is 10.1 Å². The summed E-state index contributed by atoms with van der Waals surface area (Å²) in [5, 5.41) is 16.8. The van der Waals surface area contributed by atoms with Gasteiger partial charge in [0, 0.05) is 23.9 Å². The first-order chi connectivity index (χ1) is 11.0. The van der Waals surface area contributed by atoms with Crippen LogP contribution in [0, 0.1) is 10.1 Å². The summed E-state index contributed by atoms with van der Waals surface area (Å²) in [7, 11) is 0. The zero-order chi connectivity index (χ0) is 16.7. The number of hydrogen-bond donors (Lipinski definition) is 1. The van der Waals surface area contributed by atoms with Gasteiger partial charge >= 0.3 is 5.97 Å². The number of rotatable bonds is 6. The number of thiophene rings is 1. The fraction of sp³-hybridized carbons (Fsp3) is 0.0667. The predicted octanol–water partition coefficient (Wildman–Crippen LogP) is 2.85. The maximum atomic E-state index is 11.7. The molecule has 0 spiro atoms. The Kier molecular flexibility index (Phi) is 5.59. The third-order valence-corrected chi connectivity index (χ3v) is 3.34. The fourth-order valence-corrected chi connectivity index (χ4v) is 2.24. The molecule has 1 aromatic heterocycles. The molecular formula is C15H12N2O5S. The van der Waals surface area contributed by atoms with Crippen LogP contribution in [0.5, 0.6) is 0 Å². The Morgan fingerprint density at radius 2 is 2.17 bits per heavy atom. The molecule has 0 saturated heterocycles. The zero-order valence-electron chi connectivity index (χ0n) is 11.8. The van der Waals surface area contributed by atoms with E-state index in [9.17, 15) is 19.7 Å². The summed E-state index contributed by atoms with van der Waals surface area (Å²) >= 11 is 1.50. The number of carbonyl (C=O) groups is 2. The summed E-state index contributed by atoms with van der Waals surface area (Å²) in [5.41, 5.74) is 0.987. The number of esters is 1. The van der Waals surface area contributed by atoms with Gasteiger partial charge in [0.15, 0.2) is 6.61 Å². The summed E-state index contributed by atoms with van der Waals surface area (Å²) < 4.78 is 4.78. The molecule has 118 valence electrons. The fourth-order valence-electron chi connectivity index (χ4n) is 1.61. The van der Waals surface area contributed by atoms with Gasteiger partial charge in [0.1, 0.15) is 0 Å². The minimum Gasteiger partial charge on any atom is -0.452 e. The number of ether oxygens (including phenoxy) is 1. The van der Waals surface area contributed by atoms with E-state index in [2.05, 4.69) is 5.32 Å². The molecule has 1 amide bonds. The lowest BCUT2D eigenvalue weighted by Gasteiger charge is -2.05. The molecule has 23 heavy (non-hydrogen) atoms. The molecule has 0 fully saturated rings. The maximum Gasteiger partial charge on any atom is 0.331 e. The van der Waals surface area contributed by atoms with E-state index in [-0.39, 0.29) is 11.4 Å². The number of non-ortho nitro benzene ring substituents is 1. The lowest BCUT2D eigenvalue weighted by atomic mass is 10.3. The van der Waals surface area contributed by atoms with E-state index >= 15 is 0 Å². The molecule has 0 aliphatic rings. The molecule has 2 aromatic rings. The minimum atomic E-state index is -0.648. The molecular weight excluding hydrogens is 320 g/mol. The highest BCUT2D eigenvalue weighted by Crippen LogP contribution is 2.16. The molecule has 1 aromatic carbocycles. The molecule has 1 heterocycles. The zero-order valence-corrected chi connectivity index (χ0v) is 12.6. The van der Waals surface area contributed by atoms with E-state index in [1.165, 1.54) is 41.7 Å². The Labute approximate surface area is 135 Å². The third-order valence-electron chi connectivity index (χ3n) is 2.64. The molecule has 0 unspecified atom stereocenters. The molecule has 0 saturated carbocycles. The van der Waals surface area contributed by atoms with Crippen LogP contribution < -0.4 is 5.32 Å². The molecule has 7 nitrogen and oxygen atoms in total. The van der Waals surface area contributed by atoms with Crippen molar-refractivity contribution in [1.29, 1.82) is 0 Å². The van der Waals surface area contributed by atoms with Crippen molar-refractivity contribution in [2.45, 2.75) is 0 Å². The van der Waals surface area contributed by atoms with Gasteiger partial charge in [-0.1, -0.05) is 6.07 Å². The van der Waals surface area contributed by atoms with E-state index in [1.54, 1.807) is 6.08 Å². The van der Waals surface area contributed by atoms with Crippen molar-refractivity contribution in [3.05, 3.63) is 62.8 Å². The summed E-state index contributed by atoms with van der Waals surface area (Å²) in [5.74, 6) is -1.23. The normalized spacial score (nSPS) is 10.4. The molecule has 0 radical (unpaired) electrons. The number of anilines is 1. The van der Waals surface area contributed by atoms with E-state index in [0.717, 1.165) is 5.56 Å². The number of carbonyl (C=O) groups excluding carboxylic acids is 2. The van der Waals surface area contributed by atoms with Crippen LogP contribution in [-0.2, 0) is 14.3 Å². The standard InChI is InChI=1S/C15H12N2O5S/c18-14(16-12-2-1-3-13(8-12)17(20)21)9-22-15(19)5-4-11-6-7-23-10-11/h1-8,10H,9H2,(H,16,18)/b5-4+. The SMILES string of the molecule is O=C(COC(=O)/C=C/c1ccsc1)Nc1cccc([N+](=O)[O-])c1. The Balaban J connectivity index is 1.82. The second-order valence-electron chi connectivity index (χ2n) is 4.35. The van der Waals surface area contributed by atoms with Crippen molar-refractivity contribution < 1.29 is 19.2 Å². The monoisotopic (exact) mass is 332 g/mol. The number of nitro benzene ring substituents is 1. The lowest BCUT2D eigenvalue weighted by Crippen LogP contribution is -2.20. The van der Waals surface area contributed by atoms with Crippen LogP contribution in [0.15, 0.2) is 47.2 Å². The number of benzene rings is 1. The summed E-state index contributed by atoms with van der Waals surface area (Å²) in [6.45, 7) is -0.477. The molecule has 1 N–H and O–H groups in total. The molecule has 0 bridgehead atoms. The van der Waals surface area contributed by atoms with Crippen LogP contribution in [-0.4, -0.2) is 23.4 Å². The highest BCUT2D eigenvalue weighted by molar-refractivity contribution is 7.08. The third kappa shape index (κ3) is 5.36. The van der Waals surface area contributed by atoms with Crippen LogP contribution in [0.2, 0.25) is 0 Å². The summed E-state index contributed by atoms with van der Waals surface area (Å²) in [4.78, 5) is 33.2. The van der Waals surface area contributed by atoms with Crippen molar-refractivity contribution in [1.82, 2.24) is 0 Å². The van der Waals surface area contributed by atoms with Gasteiger partial charge in [-0.15, -0.1) is 0 Å². The Morgan fingerprint density at radius 3 is 2.87 bits per heavy atom. The van der Waals surface area contributed by atoms with Gasteiger partial charge in [0.05, 0.1) is 4.92 Å². The van der Waals surface area contributed by atoms with E-state index < -0.39 is 23.4 Å². The van der Waals surface area contributed by atoms with Gasteiger partial charge in [0.2, 0.25) is 0 Å². The molecule has 8 heteroatoms. The quantitative estimate of drug-likeness (QED) is 0.379. The maximum absolute atomic E-state index is 11.7. The van der Waals surface area contributed by atoms with E-state index in [4.69, 9.17) is 4.74 Å². The highest BCUT2D eigenvalue weighted by atomic mass is 32.1. The molecule has 2 rings (SSSR count). The van der Waals surface area contributed by atoms with E-state index in [1.807, 2.05) is 16.8 Å². The van der Waals surface area contributed by atoms with Crippen LogP contribution >= 0.6 is 11.3 Å². The lowest BCUT2D eigenvalue weighted by molar-refractivity contribution is -0.384. The number of nitro groups is 1. The number of amides is 1. The van der Waals surface area contributed by atoms with Crippen molar-refractivity contribution in [3.8, 4) is 0 Å².